The fraction of sp³-hybridized carbons (Fsp3) is 1.00. The molecule has 1 atom stereocenters. The number of aliphatic hydroxyl groups excluding tert-OH is 1. The largest absolute Gasteiger partial charge is 0.393 e. The van der Waals surface area contributed by atoms with E-state index in [1.807, 2.05) is 0 Å². The Morgan fingerprint density at radius 1 is 1.15 bits per heavy atom. The molecule has 1 aliphatic heterocycles. The molecular weight excluding hydrogens is 162 g/mol. The lowest BCUT2D eigenvalue weighted by Gasteiger charge is -2.33. The van der Waals surface area contributed by atoms with Gasteiger partial charge in [0, 0.05) is 0 Å². The fourth-order valence-electron chi connectivity index (χ4n) is 2.49. The van der Waals surface area contributed by atoms with Crippen LogP contribution in [0, 0.1) is 11.8 Å². The molecule has 1 aliphatic carbocycles. The summed E-state index contributed by atoms with van der Waals surface area (Å²) >= 11 is 0. The average molecular weight is 183 g/mol. The van der Waals surface area contributed by atoms with E-state index >= 15 is 0 Å². The molecule has 1 unspecified atom stereocenters. The van der Waals surface area contributed by atoms with Crippen molar-refractivity contribution < 1.29 is 5.11 Å². The van der Waals surface area contributed by atoms with Crippen LogP contribution in [-0.2, 0) is 0 Å². The van der Waals surface area contributed by atoms with Gasteiger partial charge in [0.05, 0.1) is 6.10 Å². The van der Waals surface area contributed by atoms with Gasteiger partial charge in [-0.15, -0.1) is 0 Å². The predicted octanol–water partition coefficient (Wildman–Crippen LogP) is 1.54. The standard InChI is InChI=1S/C11H21NO/c13-11(8-9-2-1-3-9)10-4-6-12-7-5-10/h9-13H,1-8H2. The van der Waals surface area contributed by atoms with Crippen molar-refractivity contribution in [1.29, 1.82) is 0 Å². The van der Waals surface area contributed by atoms with Crippen molar-refractivity contribution in [2.75, 3.05) is 13.1 Å². The van der Waals surface area contributed by atoms with E-state index in [0.29, 0.717) is 5.92 Å². The monoisotopic (exact) mass is 183 g/mol. The van der Waals surface area contributed by atoms with Crippen molar-refractivity contribution in [2.24, 2.45) is 11.8 Å². The van der Waals surface area contributed by atoms with Gasteiger partial charge in [0.2, 0.25) is 0 Å². The Hall–Kier alpha value is -0.0800. The van der Waals surface area contributed by atoms with Crippen molar-refractivity contribution >= 4 is 0 Å². The quantitative estimate of drug-likeness (QED) is 0.695. The van der Waals surface area contributed by atoms with Gasteiger partial charge in [0.15, 0.2) is 0 Å². The normalized spacial score (nSPS) is 28.4. The Kier molecular flexibility index (Phi) is 3.23. The van der Waals surface area contributed by atoms with Crippen LogP contribution in [0.4, 0.5) is 0 Å². The molecule has 76 valence electrons. The lowest BCUT2D eigenvalue weighted by molar-refractivity contribution is 0.0520. The first kappa shape index (κ1) is 9.47. The average Bonchev–Trinajstić information content (AvgIpc) is 2.12. The van der Waals surface area contributed by atoms with Crippen molar-refractivity contribution in [2.45, 2.75) is 44.6 Å². The number of nitrogens with one attached hydrogen (secondary N) is 1. The number of piperidine rings is 1. The Labute approximate surface area is 80.7 Å². The molecule has 2 aliphatic rings. The minimum absolute atomic E-state index is 0.00704. The number of rotatable bonds is 3. The third kappa shape index (κ3) is 2.44. The summed E-state index contributed by atoms with van der Waals surface area (Å²) in [6.45, 7) is 2.21. The zero-order chi connectivity index (χ0) is 9.10. The van der Waals surface area contributed by atoms with Gasteiger partial charge < -0.3 is 10.4 Å². The van der Waals surface area contributed by atoms with E-state index in [1.165, 1.54) is 32.1 Å². The predicted molar refractivity (Wildman–Crippen MR) is 53.6 cm³/mol. The summed E-state index contributed by atoms with van der Waals surface area (Å²) in [5.41, 5.74) is 0. The molecule has 0 aromatic rings. The van der Waals surface area contributed by atoms with Gasteiger partial charge in [-0.3, -0.25) is 0 Å². The highest BCUT2D eigenvalue weighted by Gasteiger charge is 2.26. The summed E-state index contributed by atoms with van der Waals surface area (Å²) in [6, 6.07) is 0. The molecule has 13 heavy (non-hydrogen) atoms. The van der Waals surface area contributed by atoms with Gasteiger partial charge in [0.1, 0.15) is 0 Å². The van der Waals surface area contributed by atoms with Crippen LogP contribution in [0.2, 0.25) is 0 Å². The van der Waals surface area contributed by atoms with Crippen molar-refractivity contribution in [1.82, 2.24) is 5.32 Å². The number of hydrogen-bond acceptors (Lipinski definition) is 2. The summed E-state index contributed by atoms with van der Waals surface area (Å²) in [4.78, 5) is 0. The minimum Gasteiger partial charge on any atom is -0.393 e. The Bertz CT molecular complexity index is 150. The van der Waals surface area contributed by atoms with Crippen LogP contribution in [-0.4, -0.2) is 24.3 Å². The van der Waals surface area contributed by atoms with Gasteiger partial charge in [-0.25, -0.2) is 0 Å². The van der Waals surface area contributed by atoms with E-state index < -0.39 is 0 Å². The van der Waals surface area contributed by atoms with Gasteiger partial charge in [-0.2, -0.15) is 0 Å². The fourth-order valence-corrected chi connectivity index (χ4v) is 2.49. The molecular formula is C11H21NO. The first-order chi connectivity index (χ1) is 6.36. The molecule has 2 nitrogen and oxygen atoms in total. The molecule has 1 heterocycles. The molecule has 1 saturated heterocycles. The van der Waals surface area contributed by atoms with E-state index in [2.05, 4.69) is 5.32 Å². The molecule has 0 aromatic carbocycles. The number of hydrogen-bond donors (Lipinski definition) is 2. The van der Waals surface area contributed by atoms with Gasteiger partial charge in [-0.1, -0.05) is 19.3 Å². The van der Waals surface area contributed by atoms with Crippen LogP contribution in [0.15, 0.2) is 0 Å². The molecule has 0 aromatic heterocycles. The van der Waals surface area contributed by atoms with Gasteiger partial charge >= 0.3 is 0 Å². The maximum absolute atomic E-state index is 9.98. The van der Waals surface area contributed by atoms with Crippen LogP contribution < -0.4 is 5.32 Å². The smallest absolute Gasteiger partial charge is 0.0572 e. The summed E-state index contributed by atoms with van der Waals surface area (Å²) in [6.07, 6.45) is 7.53. The van der Waals surface area contributed by atoms with E-state index in [4.69, 9.17) is 0 Å². The third-order valence-electron chi connectivity index (χ3n) is 3.73. The number of aliphatic hydroxyl groups is 1. The lowest BCUT2D eigenvalue weighted by Crippen LogP contribution is -2.35. The SMILES string of the molecule is OC(CC1CCC1)C1CCNCC1. The highest BCUT2D eigenvalue weighted by Crippen LogP contribution is 2.33. The van der Waals surface area contributed by atoms with Crippen molar-refractivity contribution in [3.8, 4) is 0 Å². The van der Waals surface area contributed by atoms with Crippen LogP contribution >= 0.6 is 0 Å². The molecule has 0 spiro atoms. The van der Waals surface area contributed by atoms with E-state index in [9.17, 15) is 5.11 Å². The van der Waals surface area contributed by atoms with Gasteiger partial charge in [-0.05, 0) is 44.2 Å². The van der Waals surface area contributed by atoms with Gasteiger partial charge in [0.25, 0.3) is 0 Å². The van der Waals surface area contributed by atoms with Crippen LogP contribution in [0.1, 0.15) is 38.5 Å². The van der Waals surface area contributed by atoms with Crippen molar-refractivity contribution in [3.63, 3.8) is 0 Å². The maximum atomic E-state index is 9.98. The van der Waals surface area contributed by atoms with E-state index in [-0.39, 0.29) is 6.10 Å². The Morgan fingerprint density at radius 2 is 1.85 bits per heavy atom. The summed E-state index contributed by atoms with van der Waals surface area (Å²) in [5.74, 6) is 1.44. The first-order valence-electron chi connectivity index (χ1n) is 5.75. The second-order valence-corrected chi connectivity index (χ2v) is 4.69. The zero-order valence-corrected chi connectivity index (χ0v) is 8.34. The lowest BCUT2D eigenvalue weighted by atomic mass is 9.78. The summed E-state index contributed by atoms with van der Waals surface area (Å²) in [7, 11) is 0. The van der Waals surface area contributed by atoms with E-state index in [0.717, 1.165) is 25.4 Å². The molecule has 2 rings (SSSR count). The Morgan fingerprint density at radius 3 is 2.38 bits per heavy atom. The van der Waals surface area contributed by atoms with Crippen molar-refractivity contribution in [3.05, 3.63) is 0 Å². The molecule has 2 fully saturated rings. The first-order valence-corrected chi connectivity index (χ1v) is 5.75. The van der Waals surface area contributed by atoms with E-state index in [1.54, 1.807) is 0 Å². The van der Waals surface area contributed by atoms with Crippen LogP contribution in [0.3, 0.4) is 0 Å². The molecule has 0 bridgehead atoms. The Balaban J connectivity index is 1.70. The topological polar surface area (TPSA) is 32.3 Å². The highest BCUT2D eigenvalue weighted by atomic mass is 16.3. The zero-order valence-electron chi connectivity index (χ0n) is 8.34. The molecule has 0 radical (unpaired) electrons. The second kappa shape index (κ2) is 4.43. The molecule has 1 saturated carbocycles. The minimum atomic E-state index is -0.00704. The van der Waals surface area contributed by atoms with Crippen LogP contribution in [0.5, 0.6) is 0 Å². The molecule has 2 N–H and O–H groups in total. The molecule has 0 amide bonds. The highest BCUT2D eigenvalue weighted by molar-refractivity contribution is 4.80. The summed E-state index contributed by atoms with van der Waals surface area (Å²) in [5, 5.41) is 13.3. The van der Waals surface area contributed by atoms with Crippen LogP contribution in [0.25, 0.3) is 0 Å². The molecule has 2 heteroatoms. The second-order valence-electron chi connectivity index (χ2n) is 4.69. The maximum Gasteiger partial charge on any atom is 0.0572 e. The summed E-state index contributed by atoms with van der Waals surface area (Å²) < 4.78 is 0. The third-order valence-corrected chi connectivity index (χ3v) is 3.73.